The van der Waals surface area contributed by atoms with Crippen LogP contribution in [0.4, 0.5) is 4.79 Å². The van der Waals surface area contributed by atoms with E-state index in [0.29, 0.717) is 16.8 Å². The van der Waals surface area contributed by atoms with Crippen molar-refractivity contribution < 1.29 is 38.1 Å². The van der Waals surface area contributed by atoms with Gasteiger partial charge in [0.2, 0.25) is 25.6 Å². The van der Waals surface area contributed by atoms with Crippen LogP contribution in [0, 0.1) is 5.92 Å². The van der Waals surface area contributed by atoms with E-state index < -0.39 is 50.2 Å². The second-order valence-corrected chi connectivity index (χ2v) is 12.7. The average molecular weight is 705 g/mol. The highest BCUT2D eigenvalue weighted by atomic mass is 31.1. The van der Waals surface area contributed by atoms with E-state index in [0.717, 1.165) is 16.7 Å². The molecular formula is C35H41N6O8P. The molecule has 4 N–H and O–H groups in total. The Bertz CT molecular complexity index is 1750. The van der Waals surface area contributed by atoms with Gasteiger partial charge in [0.1, 0.15) is 18.7 Å². The molecule has 3 amide bonds. The molecule has 0 saturated carbocycles. The van der Waals surface area contributed by atoms with E-state index in [9.17, 15) is 24.1 Å². The highest BCUT2D eigenvalue weighted by Gasteiger charge is 2.31. The minimum absolute atomic E-state index is 0.00303. The summed E-state index contributed by atoms with van der Waals surface area (Å²) in [5.41, 5.74) is 2.64. The molecule has 2 aromatic heterocycles. The Balaban J connectivity index is 1.57. The summed E-state index contributed by atoms with van der Waals surface area (Å²) in [6, 6.07) is 15.9. The number of carbonyl (C=O) groups is 4. The molecule has 0 fully saturated rings. The monoisotopic (exact) mass is 704 g/mol. The SMILES string of the molecule is CCOC(=O)C=[P+]([O-])O[C@@H](CC(C)C)NC(=O)C(Cc1cnc[nH]1)NC(=O)[C@@H](Cc1cccc2cccnc12)NC(=O)OCc1ccccc1. The summed E-state index contributed by atoms with van der Waals surface area (Å²) in [6.45, 7) is 5.45. The number of amides is 3. The number of imidazole rings is 1. The van der Waals surface area contributed by atoms with Gasteiger partial charge in [-0.1, -0.05) is 68.4 Å². The molecule has 15 heteroatoms. The molecule has 4 atom stereocenters. The molecule has 0 aliphatic carbocycles. The first-order valence-corrected chi connectivity index (χ1v) is 17.4. The molecule has 4 aromatic rings. The Labute approximate surface area is 290 Å². The largest absolute Gasteiger partial charge is 0.603 e. The van der Waals surface area contributed by atoms with Gasteiger partial charge in [0, 0.05) is 36.3 Å². The Morgan fingerprint density at radius 3 is 2.38 bits per heavy atom. The number of carbonyl (C=O) groups excluding carboxylic acids is 4. The molecule has 4 rings (SSSR count). The second kappa shape index (κ2) is 19.1. The number of hydrogen-bond donors (Lipinski definition) is 4. The number of para-hydroxylation sites is 1. The van der Waals surface area contributed by atoms with E-state index >= 15 is 0 Å². The van der Waals surface area contributed by atoms with Gasteiger partial charge in [-0.3, -0.25) is 14.6 Å². The van der Waals surface area contributed by atoms with Crippen molar-refractivity contribution >= 4 is 48.6 Å². The van der Waals surface area contributed by atoms with Crippen LogP contribution in [0.1, 0.15) is 44.0 Å². The van der Waals surface area contributed by atoms with Crippen LogP contribution < -0.4 is 20.8 Å². The molecule has 2 heterocycles. The number of alkyl carbamates (subject to hydrolysis) is 1. The fourth-order valence-electron chi connectivity index (χ4n) is 5.00. The third kappa shape index (κ3) is 12.1. The van der Waals surface area contributed by atoms with Crippen molar-refractivity contribution in [2.45, 2.75) is 65.0 Å². The topological polar surface area (TPSA) is 197 Å². The summed E-state index contributed by atoms with van der Waals surface area (Å²) in [5, 5.41) is 8.98. The van der Waals surface area contributed by atoms with Crippen molar-refractivity contribution in [1.82, 2.24) is 30.9 Å². The number of benzene rings is 2. The molecule has 264 valence electrons. The number of hydrogen-bond acceptors (Lipinski definition) is 10. The van der Waals surface area contributed by atoms with Crippen LogP contribution in [0.3, 0.4) is 0 Å². The average Bonchev–Trinajstić information content (AvgIpc) is 3.60. The summed E-state index contributed by atoms with van der Waals surface area (Å²) in [6.07, 6.45) is 2.97. The van der Waals surface area contributed by atoms with E-state index in [1.54, 1.807) is 31.3 Å². The normalized spacial score (nSPS) is 13.3. The van der Waals surface area contributed by atoms with Crippen molar-refractivity contribution in [3.05, 3.63) is 96.2 Å². The van der Waals surface area contributed by atoms with Gasteiger partial charge in [0.15, 0.2) is 6.23 Å². The van der Waals surface area contributed by atoms with Crippen LogP contribution in [-0.4, -0.2) is 69.5 Å². The molecule has 0 bridgehead atoms. The molecule has 0 saturated heterocycles. The standard InChI is InChI=1S/C35H41N6O8P/c1-4-47-31(42)21-50(46)49-30(16-23(2)3)41-34(44)29(18-27-19-36-22-38-27)39-33(43)28(40-35(45)48-20-24-10-6-5-7-11-24)17-26-13-8-12-25-14-9-15-37-32(25)26/h5-15,19,21-23,28-30H,4,16-18,20H2,1-3H3,(H,36,38)(H,39,43)(H,40,45)(H,41,44)/t28-,29?,30+/m1/s1. The van der Waals surface area contributed by atoms with Crippen molar-refractivity contribution in [2.75, 3.05) is 6.61 Å². The number of fused-ring (bicyclic) bond motifs is 1. The summed E-state index contributed by atoms with van der Waals surface area (Å²) in [7, 11) is -2.63. The molecule has 0 spiro atoms. The lowest BCUT2D eigenvalue weighted by molar-refractivity contribution is -0.177. The summed E-state index contributed by atoms with van der Waals surface area (Å²) < 4.78 is 15.8. The van der Waals surface area contributed by atoms with Crippen LogP contribution in [0.2, 0.25) is 0 Å². The first-order valence-electron chi connectivity index (χ1n) is 16.1. The number of nitrogens with one attached hydrogen (secondary N) is 4. The maximum absolute atomic E-state index is 14.0. The van der Waals surface area contributed by atoms with Crippen molar-refractivity contribution in [3.63, 3.8) is 0 Å². The number of esters is 1. The molecule has 50 heavy (non-hydrogen) atoms. The van der Waals surface area contributed by atoms with Crippen molar-refractivity contribution in [1.29, 1.82) is 0 Å². The predicted molar refractivity (Wildman–Crippen MR) is 185 cm³/mol. The van der Waals surface area contributed by atoms with Crippen LogP contribution in [0.15, 0.2) is 79.4 Å². The predicted octanol–water partition coefficient (Wildman–Crippen LogP) is 3.07. The Hall–Kier alpha value is -5.17. The van der Waals surface area contributed by atoms with E-state index in [2.05, 4.69) is 30.9 Å². The lowest BCUT2D eigenvalue weighted by atomic mass is 10.0. The highest BCUT2D eigenvalue weighted by Crippen LogP contribution is 2.20. The van der Waals surface area contributed by atoms with Gasteiger partial charge in [0.05, 0.1) is 18.5 Å². The zero-order valence-corrected chi connectivity index (χ0v) is 28.9. The van der Waals surface area contributed by atoms with Gasteiger partial charge >= 0.3 is 12.1 Å². The van der Waals surface area contributed by atoms with Crippen molar-refractivity contribution in [2.24, 2.45) is 5.92 Å². The number of nitrogens with zero attached hydrogens (tertiary/aromatic N) is 2. The maximum Gasteiger partial charge on any atom is 0.408 e. The van der Waals surface area contributed by atoms with Gasteiger partial charge in [-0.15, -0.1) is 0 Å². The van der Waals surface area contributed by atoms with Crippen LogP contribution in [0.5, 0.6) is 0 Å². The van der Waals surface area contributed by atoms with Gasteiger partial charge in [-0.25, -0.2) is 14.6 Å². The van der Waals surface area contributed by atoms with Crippen LogP contribution >= 0.6 is 8.00 Å². The third-order valence-electron chi connectivity index (χ3n) is 7.29. The number of H-pyrrole nitrogens is 1. The molecule has 2 unspecified atom stereocenters. The van der Waals surface area contributed by atoms with Gasteiger partial charge in [-0.2, -0.15) is 4.52 Å². The number of rotatable bonds is 17. The second-order valence-electron chi connectivity index (χ2n) is 11.7. The van der Waals surface area contributed by atoms with Crippen LogP contribution in [0.25, 0.3) is 10.9 Å². The maximum atomic E-state index is 14.0. The van der Waals surface area contributed by atoms with Gasteiger partial charge in [-0.05, 0) is 36.5 Å². The fraction of sp³-hybridized carbons (Fsp3) is 0.343. The third-order valence-corrected chi connectivity index (χ3v) is 8.17. The van der Waals surface area contributed by atoms with E-state index in [4.69, 9.17) is 14.0 Å². The number of pyridine rings is 1. The van der Waals surface area contributed by atoms with Gasteiger partial charge in [0.25, 0.3) is 0 Å². The summed E-state index contributed by atoms with van der Waals surface area (Å²) in [5.74, 6) is -1.34. The van der Waals surface area contributed by atoms with E-state index in [1.807, 2.05) is 56.3 Å². The fourth-order valence-corrected chi connectivity index (χ4v) is 5.70. The molecule has 14 nitrogen and oxygen atoms in total. The zero-order chi connectivity index (χ0) is 35.9. The number of aromatic nitrogens is 3. The van der Waals surface area contributed by atoms with E-state index in [1.165, 1.54) is 12.5 Å². The minimum atomic E-state index is -2.63. The first-order chi connectivity index (χ1) is 24.1. The van der Waals surface area contributed by atoms with Gasteiger partial charge < -0.3 is 35.3 Å². The molecule has 0 radical (unpaired) electrons. The van der Waals surface area contributed by atoms with Crippen LogP contribution in [-0.2, 0) is 47.8 Å². The highest BCUT2D eigenvalue weighted by molar-refractivity contribution is 7.47. The quantitative estimate of drug-likeness (QED) is 0.0720. The number of aromatic amines is 1. The Kier molecular flexibility index (Phi) is 14.4. The Morgan fingerprint density at radius 1 is 0.920 bits per heavy atom. The molecule has 0 aliphatic rings. The molecule has 2 aromatic carbocycles. The molecular weight excluding hydrogens is 663 g/mol. The zero-order valence-electron chi connectivity index (χ0n) is 28.0. The number of ether oxygens (including phenoxy) is 2. The summed E-state index contributed by atoms with van der Waals surface area (Å²) >= 11 is 0. The van der Waals surface area contributed by atoms with E-state index in [-0.39, 0.29) is 38.4 Å². The Morgan fingerprint density at radius 2 is 1.66 bits per heavy atom. The molecule has 0 aliphatic heterocycles. The summed E-state index contributed by atoms with van der Waals surface area (Å²) in [4.78, 5) is 76.6. The first kappa shape index (κ1) is 37.6. The van der Waals surface area contributed by atoms with Crippen molar-refractivity contribution in [3.8, 4) is 0 Å². The smallest absolute Gasteiger partial charge is 0.408 e. The lowest BCUT2D eigenvalue weighted by Crippen LogP contribution is -2.56. The lowest BCUT2D eigenvalue weighted by Gasteiger charge is -2.25. The minimum Gasteiger partial charge on any atom is -0.603 e.